The van der Waals surface area contributed by atoms with Crippen molar-refractivity contribution < 1.29 is 0 Å². The second kappa shape index (κ2) is 21.8. The van der Waals surface area contributed by atoms with Crippen molar-refractivity contribution in [1.82, 2.24) is 0 Å². The summed E-state index contributed by atoms with van der Waals surface area (Å²) < 4.78 is 0. The van der Waals surface area contributed by atoms with E-state index in [0.29, 0.717) is 0 Å². The lowest BCUT2D eigenvalue weighted by Gasteiger charge is -2.09. The van der Waals surface area contributed by atoms with Gasteiger partial charge in [0.1, 0.15) is 0 Å². The zero-order valence-electron chi connectivity index (χ0n) is 18.2. The van der Waals surface area contributed by atoms with Crippen molar-refractivity contribution in [3.05, 3.63) is 12.2 Å². The third kappa shape index (κ3) is 21.7. The van der Waals surface area contributed by atoms with Gasteiger partial charge in [-0.2, -0.15) is 0 Å². The molecule has 0 radical (unpaired) electrons. The van der Waals surface area contributed by atoms with Gasteiger partial charge in [0.25, 0.3) is 0 Å². The minimum Gasteiger partial charge on any atom is -0.0885 e. The first-order valence-electron chi connectivity index (χ1n) is 12.0. The lowest BCUT2D eigenvalue weighted by Crippen LogP contribution is -1.94. The fourth-order valence-corrected chi connectivity index (χ4v) is 3.61. The van der Waals surface area contributed by atoms with E-state index in [9.17, 15) is 0 Å². The van der Waals surface area contributed by atoms with Crippen LogP contribution in [-0.2, 0) is 0 Å². The molecule has 0 aliphatic rings. The molecule has 150 valence electrons. The van der Waals surface area contributed by atoms with E-state index in [0.717, 1.165) is 5.92 Å². The average molecular weight is 351 g/mol. The van der Waals surface area contributed by atoms with Gasteiger partial charge >= 0.3 is 0 Å². The van der Waals surface area contributed by atoms with E-state index in [-0.39, 0.29) is 0 Å². The summed E-state index contributed by atoms with van der Waals surface area (Å²) in [5.74, 6) is 0.920. The van der Waals surface area contributed by atoms with Gasteiger partial charge < -0.3 is 0 Å². The van der Waals surface area contributed by atoms with Crippen LogP contribution in [0.2, 0.25) is 0 Å². The molecule has 0 nitrogen and oxygen atoms in total. The highest BCUT2D eigenvalue weighted by atomic mass is 14.1. The van der Waals surface area contributed by atoms with Gasteiger partial charge in [-0.3, -0.25) is 0 Å². The normalized spacial score (nSPS) is 12.9. The van der Waals surface area contributed by atoms with Crippen LogP contribution < -0.4 is 0 Å². The van der Waals surface area contributed by atoms with Crippen LogP contribution in [0.3, 0.4) is 0 Å². The monoisotopic (exact) mass is 350 g/mol. The maximum atomic E-state index is 2.45. The molecule has 0 aliphatic carbocycles. The zero-order chi connectivity index (χ0) is 18.4. The molecule has 0 aromatic carbocycles. The maximum absolute atomic E-state index is 2.45. The lowest BCUT2D eigenvalue weighted by atomic mass is 9.97. The van der Waals surface area contributed by atoms with Crippen LogP contribution in [0.1, 0.15) is 143 Å². The second-order valence-corrected chi connectivity index (χ2v) is 8.33. The van der Waals surface area contributed by atoms with Crippen molar-refractivity contribution in [2.45, 2.75) is 143 Å². The first-order chi connectivity index (χ1) is 12.3. The van der Waals surface area contributed by atoms with E-state index in [1.165, 1.54) is 122 Å². The van der Waals surface area contributed by atoms with Crippen LogP contribution in [0.5, 0.6) is 0 Å². The Bertz CT molecular complexity index is 253. The minimum atomic E-state index is 0.920. The summed E-state index contributed by atoms with van der Waals surface area (Å²) in [5, 5.41) is 0. The van der Waals surface area contributed by atoms with Gasteiger partial charge in [-0.25, -0.2) is 0 Å². The molecule has 25 heavy (non-hydrogen) atoms. The Kier molecular flexibility index (Phi) is 21.6. The van der Waals surface area contributed by atoms with Gasteiger partial charge in [0.05, 0.1) is 0 Å². The molecule has 0 saturated heterocycles. The number of allylic oxidation sites excluding steroid dienone is 2. The van der Waals surface area contributed by atoms with Gasteiger partial charge in [-0.05, 0) is 31.6 Å². The predicted octanol–water partition coefficient (Wildman–Crippen LogP) is 9.63. The van der Waals surface area contributed by atoms with Crippen molar-refractivity contribution in [3.8, 4) is 0 Å². The number of rotatable bonds is 20. The zero-order valence-corrected chi connectivity index (χ0v) is 18.2. The third-order valence-corrected chi connectivity index (χ3v) is 5.52. The van der Waals surface area contributed by atoms with E-state index in [4.69, 9.17) is 0 Å². The lowest BCUT2D eigenvalue weighted by molar-refractivity contribution is 0.456. The molecular formula is C25H50. The standard InChI is InChI=1S/C25H50/c1-4-6-8-10-12-13-14-15-16-18-20-22-24-25(3)23-21-19-17-11-9-7-5-2/h17,19,25H,4-16,18,20-24H2,1-3H3/b19-17-. The van der Waals surface area contributed by atoms with Crippen LogP contribution in [0.15, 0.2) is 12.2 Å². The van der Waals surface area contributed by atoms with Crippen LogP contribution in [0.25, 0.3) is 0 Å². The van der Waals surface area contributed by atoms with Crippen LogP contribution in [0, 0.1) is 5.92 Å². The van der Waals surface area contributed by atoms with E-state index < -0.39 is 0 Å². The molecule has 0 amide bonds. The summed E-state index contributed by atoms with van der Waals surface area (Å²) >= 11 is 0. The highest BCUT2D eigenvalue weighted by molar-refractivity contribution is 4.81. The Morgan fingerprint density at radius 1 is 0.480 bits per heavy atom. The Morgan fingerprint density at radius 2 is 0.920 bits per heavy atom. The van der Waals surface area contributed by atoms with Crippen LogP contribution in [-0.4, -0.2) is 0 Å². The number of unbranched alkanes of at least 4 members (excludes halogenated alkanes) is 14. The summed E-state index contributed by atoms with van der Waals surface area (Å²) in [6, 6.07) is 0. The van der Waals surface area contributed by atoms with Gasteiger partial charge in [-0.15, -0.1) is 0 Å². The summed E-state index contributed by atoms with van der Waals surface area (Å²) in [7, 11) is 0. The van der Waals surface area contributed by atoms with Crippen LogP contribution in [0.4, 0.5) is 0 Å². The van der Waals surface area contributed by atoms with E-state index in [1.54, 1.807) is 0 Å². The molecule has 0 aliphatic heterocycles. The van der Waals surface area contributed by atoms with E-state index >= 15 is 0 Å². The molecule has 0 bridgehead atoms. The highest BCUT2D eigenvalue weighted by Crippen LogP contribution is 2.17. The van der Waals surface area contributed by atoms with Crippen molar-refractivity contribution in [1.29, 1.82) is 0 Å². The number of hydrogen-bond acceptors (Lipinski definition) is 0. The molecule has 0 saturated carbocycles. The fourth-order valence-electron chi connectivity index (χ4n) is 3.61. The van der Waals surface area contributed by atoms with Crippen molar-refractivity contribution in [2.75, 3.05) is 0 Å². The van der Waals surface area contributed by atoms with Crippen molar-refractivity contribution >= 4 is 0 Å². The van der Waals surface area contributed by atoms with Gasteiger partial charge in [-0.1, -0.05) is 129 Å². The Labute approximate surface area is 161 Å². The molecule has 0 N–H and O–H groups in total. The Balaban J connectivity index is 3.18. The molecule has 0 fully saturated rings. The minimum absolute atomic E-state index is 0.920. The molecular weight excluding hydrogens is 300 g/mol. The molecule has 0 heterocycles. The summed E-state index contributed by atoms with van der Waals surface area (Å²) in [6.45, 7) is 7.03. The predicted molar refractivity (Wildman–Crippen MR) is 117 cm³/mol. The highest BCUT2D eigenvalue weighted by Gasteiger charge is 2.00. The molecule has 0 aromatic rings. The SMILES string of the molecule is CCCCC/C=C\CCC(C)CCCCCCCCCCCCCC. The molecule has 1 unspecified atom stereocenters. The largest absolute Gasteiger partial charge is 0.0885 e. The van der Waals surface area contributed by atoms with E-state index in [1.807, 2.05) is 0 Å². The Morgan fingerprint density at radius 3 is 1.48 bits per heavy atom. The topological polar surface area (TPSA) is 0 Å². The smallest absolute Gasteiger partial charge is 0.0348 e. The summed E-state index contributed by atoms with van der Waals surface area (Å²) in [6.07, 6.45) is 31.9. The van der Waals surface area contributed by atoms with Crippen molar-refractivity contribution in [2.24, 2.45) is 5.92 Å². The van der Waals surface area contributed by atoms with Gasteiger partial charge in [0.2, 0.25) is 0 Å². The quantitative estimate of drug-likeness (QED) is 0.151. The van der Waals surface area contributed by atoms with Gasteiger partial charge in [0.15, 0.2) is 0 Å². The third-order valence-electron chi connectivity index (χ3n) is 5.52. The first kappa shape index (κ1) is 24.7. The van der Waals surface area contributed by atoms with Crippen LogP contribution >= 0.6 is 0 Å². The molecule has 0 aromatic heterocycles. The maximum Gasteiger partial charge on any atom is -0.0348 e. The van der Waals surface area contributed by atoms with Gasteiger partial charge in [0, 0.05) is 0 Å². The van der Waals surface area contributed by atoms with E-state index in [2.05, 4.69) is 32.9 Å². The second-order valence-electron chi connectivity index (χ2n) is 8.33. The molecule has 0 spiro atoms. The molecule has 1 atom stereocenters. The summed E-state index contributed by atoms with van der Waals surface area (Å²) in [5.41, 5.74) is 0. The Hall–Kier alpha value is -0.260. The average Bonchev–Trinajstić information content (AvgIpc) is 2.62. The molecule has 0 rings (SSSR count). The summed E-state index contributed by atoms with van der Waals surface area (Å²) in [4.78, 5) is 0. The number of hydrogen-bond donors (Lipinski definition) is 0. The first-order valence-corrected chi connectivity index (χ1v) is 12.0. The molecule has 0 heteroatoms. The van der Waals surface area contributed by atoms with Crippen molar-refractivity contribution in [3.63, 3.8) is 0 Å². The fraction of sp³-hybridized carbons (Fsp3) is 0.920.